The van der Waals surface area contributed by atoms with E-state index in [2.05, 4.69) is 0 Å². The van der Waals surface area contributed by atoms with Crippen molar-refractivity contribution in [3.8, 4) is 5.75 Å². The van der Waals surface area contributed by atoms with Crippen LogP contribution in [0.4, 0.5) is 0 Å². The predicted octanol–water partition coefficient (Wildman–Crippen LogP) is 3.56. The summed E-state index contributed by atoms with van der Waals surface area (Å²) in [6, 6.07) is 7.84. The van der Waals surface area contributed by atoms with Gasteiger partial charge in [0.25, 0.3) is 11.5 Å². The summed E-state index contributed by atoms with van der Waals surface area (Å²) in [6.07, 6.45) is 3.78. The zero-order chi connectivity index (χ0) is 22.2. The summed E-state index contributed by atoms with van der Waals surface area (Å²) >= 11 is 1.36. The zero-order valence-electron chi connectivity index (χ0n) is 18.5. The number of fused-ring (bicyclic) bond motifs is 3. The molecule has 3 aromatic rings. The molecule has 0 aliphatic carbocycles. The van der Waals surface area contributed by atoms with E-state index in [1.165, 1.54) is 11.3 Å². The van der Waals surface area contributed by atoms with Gasteiger partial charge in [-0.3, -0.25) is 9.59 Å². The molecule has 2 aliphatic rings. The van der Waals surface area contributed by atoms with Gasteiger partial charge in [-0.1, -0.05) is 18.2 Å². The van der Waals surface area contributed by atoms with Gasteiger partial charge in [0.15, 0.2) is 5.75 Å². The quantitative estimate of drug-likeness (QED) is 0.567. The second-order valence-corrected chi connectivity index (χ2v) is 9.56. The zero-order valence-corrected chi connectivity index (χ0v) is 19.3. The van der Waals surface area contributed by atoms with Gasteiger partial charge in [-0.25, -0.2) is 0 Å². The van der Waals surface area contributed by atoms with Crippen molar-refractivity contribution in [3.63, 3.8) is 0 Å². The molecule has 2 aromatic heterocycles. The minimum atomic E-state index is -0.147. The largest absolute Gasteiger partial charge is 0.488 e. The molecule has 0 radical (unpaired) electrons. The Labute approximate surface area is 190 Å². The summed E-state index contributed by atoms with van der Waals surface area (Å²) in [4.78, 5) is 29.5. The third-order valence-electron chi connectivity index (χ3n) is 6.52. The van der Waals surface area contributed by atoms with E-state index in [4.69, 9.17) is 14.2 Å². The van der Waals surface area contributed by atoms with Gasteiger partial charge in [-0.2, -0.15) is 0 Å². The van der Waals surface area contributed by atoms with E-state index < -0.39 is 0 Å². The van der Waals surface area contributed by atoms with Gasteiger partial charge in [0, 0.05) is 32.7 Å². The third-order valence-corrected chi connectivity index (χ3v) is 7.71. The predicted molar refractivity (Wildman–Crippen MR) is 125 cm³/mol. The average Bonchev–Trinajstić information content (AvgIpc) is 3.55. The molecular weight excluding hydrogens is 428 g/mol. The van der Waals surface area contributed by atoms with Crippen molar-refractivity contribution in [1.82, 2.24) is 9.47 Å². The molecule has 0 bridgehead atoms. The number of likely N-dealkylation sites (tertiary alicyclic amines) is 1. The summed E-state index contributed by atoms with van der Waals surface area (Å²) in [6.45, 7) is 2.26. The molecule has 0 saturated carbocycles. The number of hydrogen-bond donors (Lipinski definition) is 0. The van der Waals surface area contributed by atoms with Crippen LogP contribution in [0, 0.1) is 0 Å². The van der Waals surface area contributed by atoms with E-state index in [9.17, 15) is 9.59 Å². The lowest BCUT2D eigenvalue weighted by atomic mass is 10.1. The van der Waals surface area contributed by atoms with Crippen LogP contribution in [0.3, 0.4) is 0 Å². The fourth-order valence-electron chi connectivity index (χ4n) is 4.86. The number of aromatic nitrogens is 1. The topological polar surface area (TPSA) is 70.0 Å². The molecule has 0 N–H and O–H groups in total. The molecule has 4 heterocycles. The summed E-state index contributed by atoms with van der Waals surface area (Å²) in [5.41, 5.74) is 0.695. The number of carbonyl (C=O) groups excluding carboxylic acids is 1. The molecular formula is C24H28N2O5S. The maximum absolute atomic E-state index is 13.7. The van der Waals surface area contributed by atoms with Crippen molar-refractivity contribution in [2.75, 3.05) is 33.5 Å². The van der Waals surface area contributed by atoms with Gasteiger partial charge < -0.3 is 23.7 Å². The highest BCUT2D eigenvalue weighted by Crippen LogP contribution is 2.41. The van der Waals surface area contributed by atoms with Crippen molar-refractivity contribution in [2.45, 2.75) is 37.8 Å². The molecule has 5 rings (SSSR count). The molecule has 2 atom stereocenters. The molecule has 8 heteroatoms. The Morgan fingerprint density at radius 1 is 1.22 bits per heavy atom. The van der Waals surface area contributed by atoms with Crippen molar-refractivity contribution in [2.24, 2.45) is 7.05 Å². The van der Waals surface area contributed by atoms with Crippen LogP contribution in [0.25, 0.3) is 21.0 Å². The van der Waals surface area contributed by atoms with E-state index in [1.807, 2.05) is 29.2 Å². The molecule has 2 saturated heterocycles. The number of hydrogen-bond acceptors (Lipinski definition) is 6. The molecule has 2 unspecified atom stereocenters. The van der Waals surface area contributed by atoms with Crippen LogP contribution in [-0.4, -0.2) is 61.0 Å². The molecule has 1 amide bonds. The minimum absolute atomic E-state index is 0.00904. The number of para-hydroxylation sites is 1. The fraction of sp³-hybridized carbons (Fsp3) is 0.500. The number of amides is 1. The normalized spacial score (nSPS) is 21.1. The summed E-state index contributed by atoms with van der Waals surface area (Å²) in [5, 5.41) is 1.44. The number of carbonyl (C=O) groups is 1. The Kier molecular flexibility index (Phi) is 5.92. The van der Waals surface area contributed by atoms with Crippen LogP contribution in [-0.2, 0) is 16.5 Å². The molecule has 2 fully saturated rings. The van der Waals surface area contributed by atoms with Crippen LogP contribution in [0.5, 0.6) is 5.75 Å². The number of rotatable bonds is 6. The summed E-state index contributed by atoms with van der Waals surface area (Å²) in [5.74, 6) is 0.319. The summed E-state index contributed by atoms with van der Waals surface area (Å²) in [7, 11) is 3.43. The lowest BCUT2D eigenvalue weighted by Crippen LogP contribution is -2.38. The van der Waals surface area contributed by atoms with Crippen molar-refractivity contribution in [1.29, 1.82) is 0 Å². The second kappa shape index (κ2) is 8.84. The summed E-state index contributed by atoms with van der Waals surface area (Å²) < 4.78 is 19.7. The molecule has 2 aliphatic heterocycles. The molecule has 170 valence electrons. The molecule has 0 spiro atoms. The lowest BCUT2D eigenvalue weighted by Gasteiger charge is -2.24. The highest BCUT2D eigenvalue weighted by molar-refractivity contribution is 7.22. The Balaban J connectivity index is 1.65. The Bertz CT molecular complexity index is 1210. The van der Waals surface area contributed by atoms with E-state index in [0.29, 0.717) is 35.8 Å². The number of methoxy groups -OCH3 is 1. The van der Waals surface area contributed by atoms with E-state index in [-0.39, 0.29) is 23.6 Å². The van der Waals surface area contributed by atoms with Crippen LogP contribution >= 0.6 is 11.3 Å². The maximum Gasteiger partial charge on any atom is 0.268 e. The molecule has 1 aromatic carbocycles. The monoisotopic (exact) mass is 456 g/mol. The van der Waals surface area contributed by atoms with Gasteiger partial charge in [-0.15, -0.1) is 11.3 Å². The van der Waals surface area contributed by atoms with Crippen molar-refractivity contribution in [3.05, 3.63) is 39.5 Å². The van der Waals surface area contributed by atoms with Gasteiger partial charge >= 0.3 is 0 Å². The standard InChI is InChI=1S/C24H28N2O5S/c1-25-18-10-4-3-9-17(18)21-19(23(25)27)20(31-14-16-8-6-12-30-16)22(32-21)24(28)26-11-5-7-15(26)13-29-2/h3-4,9-10,15-16H,5-8,11-14H2,1-2H3. The van der Waals surface area contributed by atoms with Gasteiger partial charge in [0.1, 0.15) is 16.9 Å². The number of nitrogens with zero attached hydrogens (tertiary/aromatic N) is 2. The van der Waals surface area contributed by atoms with Crippen molar-refractivity contribution < 1.29 is 19.0 Å². The first-order valence-corrected chi connectivity index (χ1v) is 12.0. The van der Waals surface area contributed by atoms with Crippen molar-refractivity contribution >= 4 is 38.2 Å². The number of pyridine rings is 1. The molecule has 7 nitrogen and oxygen atoms in total. The lowest BCUT2D eigenvalue weighted by molar-refractivity contribution is 0.0604. The van der Waals surface area contributed by atoms with E-state index in [0.717, 1.165) is 47.9 Å². The van der Waals surface area contributed by atoms with Crippen LogP contribution in [0.15, 0.2) is 29.1 Å². The highest BCUT2D eigenvalue weighted by Gasteiger charge is 2.34. The SMILES string of the molecule is COCC1CCCN1C(=O)c1sc2c(c1OCC1CCCO1)c(=O)n(C)c1ccccc21. The average molecular weight is 457 g/mol. The van der Waals surface area contributed by atoms with Crippen LogP contribution < -0.4 is 10.3 Å². The minimum Gasteiger partial charge on any atom is -0.488 e. The number of ether oxygens (including phenoxy) is 3. The third kappa shape index (κ3) is 3.60. The smallest absolute Gasteiger partial charge is 0.268 e. The maximum atomic E-state index is 13.7. The number of thiophene rings is 1. The molecule has 32 heavy (non-hydrogen) atoms. The van der Waals surface area contributed by atoms with Crippen LogP contribution in [0.2, 0.25) is 0 Å². The first-order chi connectivity index (χ1) is 15.6. The first kappa shape index (κ1) is 21.4. The Morgan fingerprint density at radius 3 is 2.84 bits per heavy atom. The van der Waals surface area contributed by atoms with Gasteiger partial charge in [-0.05, 0) is 31.7 Å². The Morgan fingerprint density at radius 2 is 2.06 bits per heavy atom. The number of benzene rings is 1. The highest BCUT2D eigenvalue weighted by atomic mass is 32.1. The van der Waals surface area contributed by atoms with E-state index >= 15 is 0 Å². The van der Waals surface area contributed by atoms with Gasteiger partial charge in [0.2, 0.25) is 0 Å². The second-order valence-electron chi connectivity index (χ2n) is 8.54. The fourth-order valence-corrected chi connectivity index (χ4v) is 6.09. The number of aryl methyl sites for hydroxylation is 1. The Hall–Kier alpha value is -2.42. The van der Waals surface area contributed by atoms with Gasteiger partial charge in [0.05, 0.1) is 29.0 Å². The first-order valence-electron chi connectivity index (χ1n) is 11.2. The van der Waals surface area contributed by atoms with Crippen LogP contribution in [0.1, 0.15) is 35.4 Å². The van der Waals surface area contributed by atoms with E-state index in [1.54, 1.807) is 18.7 Å².